The summed E-state index contributed by atoms with van der Waals surface area (Å²) in [6.07, 6.45) is 2.45. The zero-order chi connectivity index (χ0) is 46.3. The minimum absolute atomic E-state index is 0.124. The zero-order valence-electron chi connectivity index (χ0n) is 37.0. The van der Waals surface area contributed by atoms with Gasteiger partial charge < -0.3 is 83.7 Å². The molecule has 0 saturated carbocycles. The van der Waals surface area contributed by atoms with Crippen LogP contribution in [-0.2, 0) is 81.1 Å². The monoisotopic (exact) mass is 917 g/mol. The number of nitrogens with two attached hydrogens (primary N) is 3. The van der Waals surface area contributed by atoms with Crippen molar-refractivity contribution >= 4 is 29.5 Å². The highest BCUT2D eigenvalue weighted by Crippen LogP contribution is 2.06. The molecule has 11 N–H and O–H groups in total. The third kappa shape index (κ3) is 41.2. The molecule has 0 heterocycles. The summed E-state index contributed by atoms with van der Waals surface area (Å²) in [6.45, 7) is 7.55. The Hall–Kier alpha value is -3.25. The largest absolute Gasteiger partial charge is 0.377 e. The van der Waals surface area contributed by atoms with Crippen molar-refractivity contribution in [3.8, 4) is 0 Å². The van der Waals surface area contributed by atoms with Gasteiger partial charge in [-0.15, -0.1) is 0 Å². The molecular weight excluding hydrogens is 840 g/mol. The van der Waals surface area contributed by atoms with Gasteiger partial charge in [0.15, 0.2) is 0 Å². The Balaban J connectivity index is 4.86. The first kappa shape index (κ1) is 59.8. The van der Waals surface area contributed by atoms with Crippen molar-refractivity contribution in [1.82, 2.24) is 26.6 Å². The van der Waals surface area contributed by atoms with Gasteiger partial charge in [0, 0.05) is 19.6 Å². The van der Waals surface area contributed by atoms with Gasteiger partial charge in [-0.3, -0.25) is 24.0 Å². The third-order valence-corrected chi connectivity index (χ3v) is 8.09. The standard InChI is InChI=1S/C38H76N8O17/c1-2-42-37(50)32(7-3-5-9-43-34(47)29-58-20-17-52-11-14-55-23-26-61-39)46-38(51)33(45-36(49)31-60-22-19-54-13-16-57-25-28-63-41)8-4-6-10-44-35(48)30-59-21-18-53-12-15-56-24-27-62-40/h32-33H,2-31,39-41H2,1H3,(H,42,50)(H,43,47)(H,44,48)(H,45,49)(H,46,51). The van der Waals surface area contributed by atoms with E-state index in [1.807, 2.05) is 0 Å². The average Bonchev–Trinajstić information content (AvgIpc) is 3.27. The van der Waals surface area contributed by atoms with Gasteiger partial charge in [0.2, 0.25) is 29.5 Å². The summed E-state index contributed by atoms with van der Waals surface area (Å²) < 4.78 is 47.9. The first-order valence-electron chi connectivity index (χ1n) is 21.3. The second kappa shape index (κ2) is 46.7. The molecule has 370 valence electrons. The Morgan fingerprint density at radius 3 is 1.05 bits per heavy atom. The third-order valence-electron chi connectivity index (χ3n) is 8.09. The normalized spacial score (nSPS) is 12.1. The summed E-state index contributed by atoms with van der Waals surface area (Å²) in [7, 11) is 0. The molecule has 0 aliphatic carbocycles. The lowest BCUT2D eigenvalue weighted by atomic mass is 10.1. The number of hydrogen-bond acceptors (Lipinski definition) is 20. The van der Waals surface area contributed by atoms with Gasteiger partial charge in [0.05, 0.1) is 119 Å². The highest BCUT2D eigenvalue weighted by Gasteiger charge is 2.26. The molecule has 0 fully saturated rings. The molecule has 0 saturated heterocycles. The van der Waals surface area contributed by atoms with Gasteiger partial charge in [0.1, 0.15) is 31.9 Å². The molecule has 0 radical (unpaired) electrons. The van der Waals surface area contributed by atoms with E-state index in [2.05, 4.69) is 41.1 Å². The predicted molar refractivity (Wildman–Crippen MR) is 224 cm³/mol. The van der Waals surface area contributed by atoms with E-state index in [1.165, 1.54) is 0 Å². The Labute approximate surface area is 370 Å². The summed E-state index contributed by atoms with van der Waals surface area (Å²) >= 11 is 0. The van der Waals surface area contributed by atoms with Crippen LogP contribution in [0.1, 0.15) is 45.4 Å². The lowest BCUT2D eigenvalue weighted by Crippen LogP contribution is -2.54. The quantitative estimate of drug-likeness (QED) is 0.0217. The molecule has 0 aromatic heterocycles. The molecular formula is C38H76N8O17. The van der Waals surface area contributed by atoms with E-state index in [9.17, 15) is 24.0 Å². The number of hydrogen-bond donors (Lipinski definition) is 8. The summed E-state index contributed by atoms with van der Waals surface area (Å²) in [5.41, 5.74) is 0. The van der Waals surface area contributed by atoms with Gasteiger partial charge in [0.25, 0.3) is 0 Å². The van der Waals surface area contributed by atoms with Crippen LogP contribution in [0.4, 0.5) is 0 Å². The molecule has 0 rings (SSSR count). The predicted octanol–water partition coefficient (Wildman–Crippen LogP) is -3.51. The molecule has 2 atom stereocenters. The fourth-order valence-corrected chi connectivity index (χ4v) is 4.98. The van der Waals surface area contributed by atoms with E-state index in [0.29, 0.717) is 125 Å². The van der Waals surface area contributed by atoms with Gasteiger partial charge in [-0.25, -0.2) is 17.7 Å². The van der Waals surface area contributed by atoms with Crippen LogP contribution >= 0.6 is 0 Å². The molecule has 25 nitrogen and oxygen atoms in total. The number of nitrogens with one attached hydrogen (secondary N) is 5. The second-order valence-electron chi connectivity index (χ2n) is 13.2. The van der Waals surface area contributed by atoms with Crippen LogP contribution in [0.3, 0.4) is 0 Å². The molecule has 0 aromatic carbocycles. The Morgan fingerprint density at radius 2 is 0.698 bits per heavy atom. The molecule has 5 amide bonds. The van der Waals surface area contributed by atoms with Crippen LogP contribution in [0.15, 0.2) is 0 Å². The number of likely N-dealkylation sites (N-methyl/N-ethyl adjacent to an activating group) is 1. The molecule has 0 aliphatic heterocycles. The van der Waals surface area contributed by atoms with Gasteiger partial charge >= 0.3 is 0 Å². The minimum Gasteiger partial charge on any atom is -0.377 e. The van der Waals surface area contributed by atoms with Crippen molar-refractivity contribution < 1.29 is 81.1 Å². The summed E-state index contributed by atoms with van der Waals surface area (Å²) in [5.74, 6) is 12.7. The van der Waals surface area contributed by atoms with Crippen LogP contribution < -0.4 is 44.3 Å². The van der Waals surface area contributed by atoms with Gasteiger partial charge in [-0.05, 0) is 45.4 Å². The first-order valence-corrected chi connectivity index (χ1v) is 21.3. The number of carbonyl (C=O) groups excluding carboxylic acids is 5. The Morgan fingerprint density at radius 1 is 0.381 bits per heavy atom. The second-order valence-corrected chi connectivity index (χ2v) is 13.2. The fourth-order valence-electron chi connectivity index (χ4n) is 4.98. The molecule has 63 heavy (non-hydrogen) atoms. The molecule has 0 aliphatic rings. The minimum atomic E-state index is -1.00. The van der Waals surface area contributed by atoms with Crippen molar-refractivity contribution in [1.29, 1.82) is 0 Å². The molecule has 0 aromatic rings. The topological polar surface area (TPSA) is 334 Å². The summed E-state index contributed by atoms with van der Waals surface area (Å²) in [4.78, 5) is 77.1. The Bertz CT molecular complexity index is 1120. The van der Waals surface area contributed by atoms with Crippen molar-refractivity contribution in [2.75, 3.05) is 158 Å². The van der Waals surface area contributed by atoms with Crippen LogP contribution in [0.5, 0.6) is 0 Å². The first-order chi connectivity index (χ1) is 30.8. The van der Waals surface area contributed by atoms with E-state index in [4.69, 9.17) is 60.3 Å². The van der Waals surface area contributed by atoms with Crippen molar-refractivity contribution in [3.63, 3.8) is 0 Å². The summed E-state index contributed by atoms with van der Waals surface area (Å²) in [5, 5.41) is 13.8. The average molecular weight is 917 g/mol. The Kier molecular flexibility index (Phi) is 44.3. The molecule has 0 spiro atoms. The van der Waals surface area contributed by atoms with Gasteiger partial charge in [-0.2, -0.15) is 0 Å². The number of amides is 5. The molecule has 0 bridgehead atoms. The SMILES string of the molecule is CCNC(=O)C(CCCCNC(=O)COCCOCCOCCON)NC(=O)C(CCCCNC(=O)COCCOCCOCCON)NC(=O)COCCOCCOCCON. The van der Waals surface area contributed by atoms with Crippen molar-refractivity contribution in [2.45, 2.75) is 57.5 Å². The number of rotatable bonds is 48. The number of carbonyl (C=O) groups is 5. The number of unbranched alkanes of at least 4 members (excludes halogenated alkanes) is 2. The smallest absolute Gasteiger partial charge is 0.246 e. The van der Waals surface area contributed by atoms with E-state index >= 15 is 0 Å². The van der Waals surface area contributed by atoms with Crippen LogP contribution in [0.25, 0.3) is 0 Å². The lowest BCUT2D eigenvalue weighted by Gasteiger charge is -2.23. The molecule has 2 unspecified atom stereocenters. The van der Waals surface area contributed by atoms with E-state index in [0.717, 1.165) is 0 Å². The highest BCUT2D eigenvalue weighted by molar-refractivity contribution is 5.92. The van der Waals surface area contributed by atoms with Crippen molar-refractivity contribution in [2.24, 2.45) is 17.7 Å². The van der Waals surface area contributed by atoms with E-state index in [-0.39, 0.29) is 90.0 Å². The van der Waals surface area contributed by atoms with Crippen LogP contribution in [-0.4, -0.2) is 200 Å². The van der Waals surface area contributed by atoms with E-state index in [1.54, 1.807) is 6.92 Å². The fraction of sp³-hybridized carbons (Fsp3) is 0.868. The van der Waals surface area contributed by atoms with Crippen LogP contribution in [0, 0.1) is 0 Å². The maximum atomic E-state index is 13.6. The number of ether oxygens (including phenoxy) is 9. The van der Waals surface area contributed by atoms with E-state index < -0.39 is 23.9 Å². The highest BCUT2D eigenvalue weighted by atomic mass is 16.6. The summed E-state index contributed by atoms with van der Waals surface area (Å²) in [6, 6.07) is -1.90. The lowest BCUT2D eigenvalue weighted by molar-refractivity contribution is -0.134. The van der Waals surface area contributed by atoms with Crippen molar-refractivity contribution in [3.05, 3.63) is 0 Å². The maximum Gasteiger partial charge on any atom is 0.246 e. The zero-order valence-corrected chi connectivity index (χ0v) is 37.0. The van der Waals surface area contributed by atoms with Crippen LogP contribution in [0.2, 0.25) is 0 Å². The maximum absolute atomic E-state index is 13.6. The molecule has 25 heteroatoms. The van der Waals surface area contributed by atoms with Gasteiger partial charge in [-0.1, -0.05) is 0 Å².